The molecule has 0 atom stereocenters. The van der Waals surface area contributed by atoms with E-state index in [1.165, 1.54) is 11.9 Å². The summed E-state index contributed by atoms with van der Waals surface area (Å²) >= 11 is 1.38. The number of amides is 1. The summed E-state index contributed by atoms with van der Waals surface area (Å²) in [5, 5.41) is 15.2. The van der Waals surface area contributed by atoms with Gasteiger partial charge in [0, 0.05) is 31.4 Å². The van der Waals surface area contributed by atoms with Gasteiger partial charge >= 0.3 is 0 Å². The molecule has 186 valence electrons. The highest BCUT2D eigenvalue weighted by Crippen LogP contribution is 2.37. The maximum atomic E-state index is 11.0. The molecule has 0 unspecified atom stereocenters. The highest BCUT2D eigenvalue weighted by Gasteiger charge is 2.17. The molecule has 3 N–H and O–H groups in total. The van der Waals surface area contributed by atoms with Crippen LogP contribution in [-0.4, -0.2) is 48.2 Å². The number of nitrogens with zero attached hydrogens (tertiary/aromatic N) is 3. The molecule has 4 rings (SSSR count). The summed E-state index contributed by atoms with van der Waals surface area (Å²) in [5.74, 6) is 3.58. The number of benzene rings is 2. The third-order valence-electron chi connectivity index (χ3n) is 5.22. The van der Waals surface area contributed by atoms with Crippen molar-refractivity contribution in [2.45, 2.75) is 18.0 Å². The Morgan fingerprint density at radius 1 is 1.17 bits per heavy atom. The lowest BCUT2D eigenvalue weighted by Crippen LogP contribution is -2.30. The predicted octanol–water partition coefficient (Wildman–Crippen LogP) is 3.05. The third kappa shape index (κ3) is 6.10. The molecule has 11 heteroatoms. The van der Waals surface area contributed by atoms with E-state index in [1.54, 1.807) is 20.4 Å². The average molecular weight is 507 g/mol. The fraction of sp³-hybridized carbons (Fsp3) is 0.240. The molecule has 2 heterocycles. The van der Waals surface area contributed by atoms with E-state index in [2.05, 4.69) is 25.6 Å². The van der Waals surface area contributed by atoms with Crippen molar-refractivity contribution < 1.29 is 18.8 Å². The number of fused-ring (bicyclic) bond motifs is 1. The lowest BCUT2D eigenvalue weighted by molar-refractivity contribution is -0.115. The van der Waals surface area contributed by atoms with E-state index in [-0.39, 0.29) is 0 Å². The van der Waals surface area contributed by atoms with Crippen LogP contribution < -0.4 is 24.8 Å². The van der Waals surface area contributed by atoms with Gasteiger partial charge in [-0.1, -0.05) is 17.3 Å². The Labute approximate surface area is 212 Å². The highest BCUT2D eigenvalue weighted by atomic mass is 32.2. The molecule has 0 saturated heterocycles. The molecule has 36 heavy (non-hydrogen) atoms. The number of para-hydroxylation sites is 1. The van der Waals surface area contributed by atoms with Gasteiger partial charge in [0.05, 0.1) is 31.9 Å². The third-order valence-corrected chi connectivity index (χ3v) is 6.08. The Morgan fingerprint density at radius 3 is 2.81 bits per heavy atom. The molecular weight excluding hydrogens is 480 g/mol. The fourth-order valence-corrected chi connectivity index (χ4v) is 4.28. The van der Waals surface area contributed by atoms with Crippen LogP contribution in [0.3, 0.4) is 0 Å². The molecule has 1 amide bonds. The van der Waals surface area contributed by atoms with Crippen molar-refractivity contribution in [3.05, 3.63) is 59.9 Å². The molecule has 0 fully saturated rings. The van der Waals surface area contributed by atoms with Crippen LogP contribution in [-0.2, 0) is 17.9 Å². The first-order valence-corrected chi connectivity index (χ1v) is 11.9. The number of anilines is 1. The van der Waals surface area contributed by atoms with Gasteiger partial charge in [-0.25, -0.2) is 0 Å². The number of nitrogens with one attached hydrogen (secondary N) is 3. The molecule has 0 aliphatic heterocycles. The Balaban J connectivity index is 1.40. The molecule has 0 bridgehead atoms. The number of aromatic nitrogens is 3. The van der Waals surface area contributed by atoms with Crippen LogP contribution in [0.4, 0.5) is 5.82 Å². The summed E-state index contributed by atoms with van der Waals surface area (Å²) in [6.45, 7) is 2.21. The Morgan fingerprint density at radius 2 is 2.00 bits per heavy atom. The first-order valence-electron chi connectivity index (χ1n) is 11.1. The SMILES string of the molecule is C#CC(=O)NCCNCc1cnn(Cc2cc(OC)c3c(NSc4ccccc4OC)noc3c2)c1. The van der Waals surface area contributed by atoms with Crippen molar-refractivity contribution in [2.24, 2.45) is 0 Å². The first kappa shape index (κ1) is 25.0. The van der Waals surface area contributed by atoms with Crippen molar-refractivity contribution in [3.63, 3.8) is 0 Å². The lowest BCUT2D eigenvalue weighted by Gasteiger charge is -2.09. The number of ether oxygens (including phenoxy) is 2. The molecule has 0 spiro atoms. The number of rotatable bonds is 12. The second-order valence-corrected chi connectivity index (χ2v) is 8.53. The van der Waals surface area contributed by atoms with E-state index in [4.69, 9.17) is 20.4 Å². The van der Waals surface area contributed by atoms with E-state index in [9.17, 15) is 4.79 Å². The number of terminal acetylenes is 1. The quantitative estimate of drug-likeness (QED) is 0.151. The van der Waals surface area contributed by atoms with Gasteiger partial charge in [0.15, 0.2) is 11.4 Å². The molecule has 0 aliphatic rings. The summed E-state index contributed by atoms with van der Waals surface area (Å²) in [6.07, 6.45) is 8.78. The minimum absolute atomic E-state index is 0.415. The highest BCUT2D eigenvalue weighted by molar-refractivity contribution is 8.00. The van der Waals surface area contributed by atoms with Crippen LogP contribution in [0, 0.1) is 12.3 Å². The van der Waals surface area contributed by atoms with Gasteiger partial charge in [-0.3, -0.25) is 9.48 Å². The maximum absolute atomic E-state index is 11.0. The number of hydrogen-bond acceptors (Lipinski definition) is 9. The largest absolute Gasteiger partial charge is 0.496 e. The van der Waals surface area contributed by atoms with Crippen LogP contribution in [0.15, 0.2) is 58.2 Å². The molecule has 10 nitrogen and oxygen atoms in total. The van der Waals surface area contributed by atoms with Crippen LogP contribution in [0.25, 0.3) is 11.0 Å². The Bertz CT molecular complexity index is 1380. The van der Waals surface area contributed by atoms with Gasteiger partial charge in [0.2, 0.25) is 0 Å². The predicted molar refractivity (Wildman–Crippen MR) is 138 cm³/mol. The van der Waals surface area contributed by atoms with Gasteiger partial charge < -0.3 is 29.4 Å². The lowest BCUT2D eigenvalue weighted by atomic mass is 10.1. The van der Waals surface area contributed by atoms with E-state index >= 15 is 0 Å². The zero-order chi connectivity index (χ0) is 25.3. The summed E-state index contributed by atoms with van der Waals surface area (Å²) < 4.78 is 21.7. The van der Waals surface area contributed by atoms with Crippen LogP contribution in [0.1, 0.15) is 11.1 Å². The van der Waals surface area contributed by atoms with Crippen molar-refractivity contribution in [3.8, 4) is 23.8 Å². The topological polar surface area (TPSA) is 115 Å². The van der Waals surface area contributed by atoms with Gasteiger partial charge in [-0.2, -0.15) is 5.10 Å². The first-order chi connectivity index (χ1) is 17.6. The van der Waals surface area contributed by atoms with E-state index in [0.717, 1.165) is 27.2 Å². The zero-order valence-corrected chi connectivity index (χ0v) is 20.7. The average Bonchev–Trinajstić information content (AvgIpc) is 3.53. The smallest absolute Gasteiger partial charge is 0.295 e. The van der Waals surface area contributed by atoms with E-state index in [1.807, 2.05) is 53.2 Å². The second kappa shape index (κ2) is 12.0. The standard InChI is InChI=1S/C25H26N6O4S/c1-4-23(32)27-10-9-26-13-18-14-28-31(16-18)15-17-11-20(34-3)24-21(12-17)35-29-25(24)30-36-22-8-6-5-7-19(22)33-2/h1,5-8,11-12,14,16,26H,9-10,13,15H2,2-3H3,(H,27,32)(H,29,30). The number of hydrogen-bond donors (Lipinski definition) is 3. The Kier molecular flexibility index (Phi) is 8.33. The molecule has 0 aliphatic carbocycles. The molecule has 2 aromatic carbocycles. The summed E-state index contributed by atoms with van der Waals surface area (Å²) in [6, 6.07) is 11.6. The maximum Gasteiger partial charge on any atom is 0.295 e. The van der Waals surface area contributed by atoms with Gasteiger partial charge in [0.1, 0.15) is 16.9 Å². The number of carbonyl (C=O) groups excluding carboxylic acids is 1. The second-order valence-electron chi connectivity index (χ2n) is 7.68. The minimum Gasteiger partial charge on any atom is -0.496 e. The summed E-state index contributed by atoms with van der Waals surface area (Å²) in [4.78, 5) is 12.0. The van der Waals surface area contributed by atoms with Crippen molar-refractivity contribution in [1.29, 1.82) is 0 Å². The Hall–Kier alpha value is -4.14. The van der Waals surface area contributed by atoms with Crippen molar-refractivity contribution >= 4 is 34.6 Å². The van der Waals surface area contributed by atoms with Crippen LogP contribution in [0.5, 0.6) is 11.5 Å². The van der Waals surface area contributed by atoms with Crippen LogP contribution >= 0.6 is 11.9 Å². The van der Waals surface area contributed by atoms with Crippen molar-refractivity contribution in [2.75, 3.05) is 32.0 Å². The van der Waals surface area contributed by atoms with E-state index < -0.39 is 5.91 Å². The van der Waals surface area contributed by atoms with Gasteiger partial charge in [0.25, 0.3) is 5.91 Å². The molecule has 4 aromatic rings. The van der Waals surface area contributed by atoms with Gasteiger partial charge in [-0.15, -0.1) is 6.42 Å². The normalized spacial score (nSPS) is 10.7. The molecular formula is C25H26N6O4S. The van der Waals surface area contributed by atoms with Crippen LogP contribution in [0.2, 0.25) is 0 Å². The summed E-state index contributed by atoms with van der Waals surface area (Å²) in [5.41, 5.74) is 2.58. The number of carbonyl (C=O) groups is 1. The molecule has 2 aromatic heterocycles. The van der Waals surface area contributed by atoms with Gasteiger partial charge in [-0.05, 0) is 47.7 Å². The van der Waals surface area contributed by atoms with E-state index in [0.29, 0.717) is 43.3 Å². The number of methoxy groups -OCH3 is 2. The minimum atomic E-state index is -0.415. The monoisotopic (exact) mass is 506 g/mol. The van der Waals surface area contributed by atoms with Crippen molar-refractivity contribution in [1.82, 2.24) is 25.6 Å². The molecule has 0 radical (unpaired) electrons. The summed E-state index contributed by atoms with van der Waals surface area (Å²) in [7, 11) is 3.25. The zero-order valence-electron chi connectivity index (χ0n) is 19.9. The fourth-order valence-electron chi connectivity index (χ4n) is 3.54. The molecule has 0 saturated carbocycles.